The average Bonchev–Trinajstić information content (AvgIpc) is 2.41. The van der Waals surface area contributed by atoms with Gasteiger partial charge >= 0.3 is 0 Å². The van der Waals surface area contributed by atoms with Crippen molar-refractivity contribution in [3.63, 3.8) is 0 Å². The largest absolute Gasteiger partial charge is 0.313 e. The first-order valence-corrected chi connectivity index (χ1v) is 8.65. The minimum Gasteiger partial charge on any atom is -0.313 e. The Hall–Kier alpha value is -0.180. The van der Waals surface area contributed by atoms with E-state index in [0.717, 1.165) is 23.2 Å². The van der Waals surface area contributed by atoms with Gasteiger partial charge < -0.3 is 5.32 Å². The molecular weight excluding hydrogens is 274 g/mol. The summed E-state index contributed by atoms with van der Waals surface area (Å²) in [6, 6.07) is 8.74. The second-order valence-corrected chi connectivity index (χ2v) is 6.62. The van der Waals surface area contributed by atoms with Crippen molar-refractivity contribution in [2.75, 3.05) is 12.3 Å². The third kappa shape index (κ3) is 6.69. The van der Waals surface area contributed by atoms with Gasteiger partial charge in [-0.3, -0.25) is 0 Å². The van der Waals surface area contributed by atoms with Crippen LogP contribution >= 0.6 is 23.4 Å². The van der Waals surface area contributed by atoms with Gasteiger partial charge in [-0.2, -0.15) is 0 Å². The number of nitrogens with one attached hydrogen (secondary N) is 1. The summed E-state index contributed by atoms with van der Waals surface area (Å²) >= 11 is 7.83. The summed E-state index contributed by atoms with van der Waals surface area (Å²) in [5, 5.41) is 4.50. The Morgan fingerprint density at radius 1 is 1.16 bits per heavy atom. The van der Waals surface area contributed by atoms with Gasteiger partial charge in [0, 0.05) is 21.7 Å². The molecule has 2 atom stereocenters. The molecule has 0 aliphatic carbocycles. The highest BCUT2D eigenvalue weighted by Crippen LogP contribution is 2.24. The van der Waals surface area contributed by atoms with E-state index < -0.39 is 0 Å². The lowest BCUT2D eigenvalue weighted by atomic mass is 9.98. The Bertz CT molecular complexity index is 339. The smallest absolute Gasteiger partial charge is 0.0406 e. The van der Waals surface area contributed by atoms with Crippen LogP contribution in [0.2, 0.25) is 5.02 Å². The molecule has 0 radical (unpaired) electrons. The van der Waals surface area contributed by atoms with Crippen molar-refractivity contribution < 1.29 is 0 Å². The van der Waals surface area contributed by atoms with Gasteiger partial charge in [0.25, 0.3) is 0 Å². The number of thioether (sulfide) groups is 1. The van der Waals surface area contributed by atoms with Crippen molar-refractivity contribution in [2.45, 2.75) is 51.0 Å². The number of hydrogen-bond acceptors (Lipinski definition) is 2. The minimum absolute atomic E-state index is 0.598. The Morgan fingerprint density at radius 2 is 1.84 bits per heavy atom. The van der Waals surface area contributed by atoms with Crippen LogP contribution in [0.15, 0.2) is 29.2 Å². The quantitative estimate of drug-likeness (QED) is 0.626. The molecule has 1 aromatic carbocycles. The van der Waals surface area contributed by atoms with E-state index in [1.54, 1.807) is 0 Å². The van der Waals surface area contributed by atoms with Crippen molar-refractivity contribution in [1.82, 2.24) is 5.32 Å². The molecule has 2 unspecified atom stereocenters. The Kier molecular flexibility index (Phi) is 8.60. The van der Waals surface area contributed by atoms with Gasteiger partial charge in [0.15, 0.2) is 0 Å². The van der Waals surface area contributed by atoms with Crippen molar-refractivity contribution in [2.24, 2.45) is 5.92 Å². The van der Waals surface area contributed by atoms with Crippen LogP contribution in [-0.4, -0.2) is 18.3 Å². The highest BCUT2D eigenvalue weighted by Gasteiger charge is 2.15. The van der Waals surface area contributed by atoms with Gasteiger partial charge in [-0.05, 0) is 49.6 Å². The van der Waals surface area contributed by atoms with Crippen LogP contribution in [-0.2, 0) is 0 Å². The number of rotatable bonds is 9. The molecule has 0 saturated heterocycles. The summed E-state index contributed by atoms with van der Waals surface area (Å²) < 4.78 is 0. The first kappa shape index (κ1) is 16.9. The molecule has 1 N–H and O–H groups in total. The van der Waals surface area contributed by atoms with Crippen LogP contribution in [0.1, 0.15) is 40.0 Å². The zero-order chi connectivity index (χ0) is 14.1. The summed E-state index contributed by atoms with van der Waals surface area (Å²) in [6.07, 6.45) is 3.75. The van der Waals surface area contributed by atoms with E-state index in [2.05, 4.69) is 38.2 Å². The summed E-state index contributed by atoms with van der Waals surface area (Å²) in [7, 11) is 0. The van der Waals surface area contributed by atoms with Crippen LogP contribution in [0.4, 0.5) is 0 Å². The maximum atomic E-state index is 5.91. The molecule has 0 spiro atoms. The average molecular weight is 300 g/mol. The predicted octanol–water partition coefficient (Wildman–Crippen LogP) is 5.24. The highest BCUT2D eigenvalue weighted by atomic mass is 35.5. The van der Waals surface area contributed by atoms with Crippen LogP contribution in [0.3, 0.4) is 0 Å². The maximum Gasteiger partial charge on any atom is 0.0406 e. The molecule has 1 aromatic rings. The highest BCUT2D eigenvalue weighted by molar-refractivity contribution is 7.99. The second-order valence-electron chi connectivity index (χ2n) is 5.09. The summed E-state index contributed by atoms with van der Waals surface area (Å²) in [4.78, 5) is 1.30. The first-order valence-electron chi connectivity index (χ1n) is 7.29. The monoisotopic (exact) mass is 299 g/mol. The lowest BCUT2D eigenvalue weighted by Crippen LogP contribution is -2.37. The van der Waals surface area contributed by atoms with Crippen LogP contribution in [0, 0.1) is 5.92 Å². The van der Waals surface area contributed by atoms with Crippen molar-refractivity contribution in [1.29, 1.82) is 0 Å². The molecule has 0 amide bonds. The van der Waals surface area contributed by atoms with E-state index in [0.29, 0.717) is 6.04 Å². The van der Waals surface area contributed by atoms with Crippen LogP contribution in [0.5, 0.6) is 0 Å². The molecule has 0 aliphatic heterocycles. The maximum absolute atomic E-state index is 5.91. The fraction of sp³-hybridized carbons (Fsp3) is 0.625. The van der Waals surface area contributed by atoms with Gasteiger partial charge in [0.05, 0.1) is 0 Å². The third-order valence-corrected chi connectivity index (χ3v) is 4.71. The lowest BCUT2D eigenvalue weighted by Gasteiger charge is -2.24. The molecule has 19 heavy (non-hydrogen) atoms. The van der Waals surface area contributed by atoms with E-state index in [9.17, 15) is 0 Å². The standard InChI is InChI=1S/C16H26ClNS/c1-4-6-13(3)16(18-11-5-2)12-19-15-9-7-14(17)8-10-15/h7-10,13,16,18H,4-6,11-12H2,1-3H3. The van der Waals surface area contributed by atoms with Gasteiger partial charge in [-0.25, -0.2) is 0 Å². The number of hydrogen-bond donors (Lipinski definition) is 1. The normalized spacial score (nSPS) is 14.3. The molecule has 0 bridgehead atoms. The molecular formula is C16H26ClNS. The molecule has 108 valence electrons. The summed E-state index contributed by atoms with van der Waals surface area (Å²) in [5.74, 6) is 1.86. The molecule has 3 heteroatoms. The molecule has 0 aromatic heterocycles. The van der Waals surface area contributed by atoms with E-state index >= 15 is 0 Å². The van der Waals surface area contributed by atoms with E-state index in [-0.39, 0.29) is 0 Å². The number of halogens is 1. The summed E-state index contributed by atoms with van der Waals surface area (Å²) in [6.45, 7) is 7.96. The zero-order valence-corrected chi connectivity index (χ0v) is 13.9. The molecule has 0 aliphatic rings. The minimum atomic E-state index is 0.598. The Morgan fingerprint density at radius 3 is 2.42 bits per heavy atom. The van der Waals surface area contributed by atoms with E-state index in [1.165, 1.54) is 24.2 Å². The van der Waals surface area contributed by atoms with Crippen LogP contribution < -0.4 is 5.32 Å². The lowest BCUT2D eigenvalue weighted by molar-refractivity contribution is 0.382. The van der Waals surface area contributed by atoms with E-state index in [4.69, 9.17) is 11.6 Å². The molecule has 0 heterocycles. The topological polar surface area (TPSA) is 12.0 Å². The van der Waals surface area contributed by atoms with Crippen molar-refractivity contribution in [3.05, 3.63) is 29.3 Å². The predicted molar refractivity (Wildman–Crippen MR) is 88.3 cm³/mol. The fourth-order valence-electron chi connectivity index (χ4n) is 2.13. The molecule has 0 fully saturated rings. The van der Waals surface area contributed by atoms with Crippen LogP contribution in [0.25, 0.3) is 0 Å². The SMILES string of the molecule is CCCNC(CSc1ccc(Cl)cc1)C(C)CCC. The number of benzene rings is 1. The Labute approximate surface area is 127 Å². The van der Waals surface area contributed by atoms with E-state index in [1.807, 2.05) is 23.9 Å². The van der Waals surface area contributed by atoms with Gasteiger partial charge in [-0.1, -0.05) is 38.8 Å². The molecule has 0 saturated carbocycles. The second kappa shape index (κ2) is 9.68. The van der Waals surface area contributed by atoms with Gasteiger partial charge in [-0.15, -0.1) is 11.8 Å². The zero-order valence-electron chi connectivity index (χ0n) is 12.3. The fourth-order valence-corrected chi connectivity index (χ4v) is 3.40. The third-order valence-electron chi connectivity index (χ3n) is 3.33. The van der Waals surface area contributed by atoms with Crippen molar-refractivity contribution >= 4 is 23.4 Å². The van der Waals surface area contributed by atoms with Gasteiger partial charge in [0.2, 0.25) is 0 Å². The van der Waals surface area contributed by atoms with Gasteiger partial charge in [0.1, 0.15) is 0 Å². The molecule has 1 nitrogen and oxygen atoms in total. The Balaban J connectivity index is 2.49. The molecule has 1 rings (SSSR count). The summed E-state index contributed by atoms with van der Waals surface area (Å²) in [5.41, 5.74) is 0. The van der Waals surface area contributed by atoms with Crippen molar-refractivity contribution in [3.8, 4) is 0 Å². The first-order chi connectivity index (χ1) is 9.17.